The number of hydrogen-bond donors (Lipinski definition) is 0. The summed E-state index contributed by atoms with van der Waals surface area (Å²) in [4.78, 5) is 2.42. The molecule has 2 aliphatic rings. The highest BCUT2D eigenvalue weighted by molar-refractivity contribution is 5.20. The minimum atomic E-state index is -0.283. The molecule has 2 aliphatic heterocycles. The molecular formula is C13H20N2O3. The molecule has 1 aromatic heterocycles. The van der Waals surface area contributed by atoms with Crippen molar-refractivity contribution in [3.05, 3.63) is 17.0 Å². The van der Waals surface area contributed by atoms with Crippen LogP contribution in [-0.4, -0.2) is 42.1 Å². The number of ether oxygens (including phenoxy) is 2. The van der Waals surface area contributed by atoms with Crippen molar-refractivity contribution < 1.29 is 14.0 Å². The summed E-state index contributed by atoms with van der Waals surface area (Å²) in [6.45, 7) is 8.38. The first-order chi connectivity index (χ1) is 8.69. The molecule has 2 saturated heterocycles. The van der Waals surface area contributed by atoms with Crippen LogP contribution in [-0.2, 0) is 16.0 Å². The first-order valence-electron chi connectivity index (χ1n) is 6.61. The molecule has 0 N–H and O–H groups in total. The highest BCUT2D eigenvalue weighted by atomic mass is 16.7. The predicted octanol–water partition coefficient (Wildman–Crippen LogP) is 1.63. The molecule has 0 aliphatic carbocycles. The van der Waals surface area contributed by atoms with Gasteiger partial charge in [0.2, 0.25) is 0 Å². The lowest BCUT2D eigenvalue weighted by molar-refractivity contribution is -0.185. The summed E-state index contributed by atoms with van der Waals surface area (Å²) in [5.74, 6) is 0.649. The van der Waals surface area contributed by atoms with Gasteiger partial charge in [-0.1, -0.05) is 5.16 Å². The summed E-state index contributed by atoms with van der Waals surface area (Å²) in [6, 6.07) is 0. The normalized spacial score (nSPS) is 23.9. The molecule has 3 heterocycles. The summed E-state index contributed by atoms with van der Waals surface area (Å²) < 4.78 is 16.7. The van der Waals surface area contributed by atoms with E-state index in [2.05, 4.69) is 10.1 Å². The van der Waals surface area contributed by atoms with Crippen LogP contribution in [0.3, 0.4) is 0 Å². The number of nitrogens with zero attached hydrogens (tertiary/aromatic N) is 2. The molecule has 0 aromatic carbocycles. The Morgan fingerprint density at radius 2 is 1.83 bits per heavy atom. The van der Waals surface area contributed by atoms with Crippen molar-refractivity contribution in [1.29, 1.82) is 0 Å². The van der Waals surface area contributed by atoms with Gasteiger partial charge in [0, 0.05) is 38.0 Å². The van der Waals surface area contributed by atoms with Crippen molar-refractivity contribution in [3.8, 4) is 0 Å². The first kappa shape index (κ1) is 12.1. The van der Waals surface area contributed by atoms with Gasteiger partial charge in [-0.05, 0) is 13.8 Å². The Labute approximate surface area is 107 Å². The number of piperidine rings is 1. The summed E-state index contributed by atoms with van der Waals surface area (Å²) in [7, 11) is 0. The Morgan fingerprint density at radius 3 is 2.39 bits per heavy atom. The van der Waals surface area contributed by atoms with Gasteiger partial charge >= 0.3 is 0 Å². The second-order valence-electron chi connectivity index (χ2n) is 5.19. The van der Waals surface area contributed by atoms with E-state index in [1.165, 1.54) is 5.56 Å². The third-order valence-electron chi connectivity index (χ3n) is 3.99. The van der Waals surface area contributed by atoms with E-state index in [1.807, 2.05) is 13.8 Å². The second kappa shape index (κ2) is 4.64. The van der Waals surface area contributed by atoms with Gasteiger partial charge < -0.3 is 14.0 Å². The fourth-order valence-corrected chi connectivity index (χ4v) is 2.79. The molecule has 0 radical (unpaired) electrons. The summed E-state index contributed by atoms with van der Waals surface area (Å²) >= 11 is 0. The quantitative estimate of drug-likeness (QED) is 0.800. The molecule has 18 heavy (non-hydrogen) atoms. The predicted molar refractivity (Wildman–Crippen MR) is 65.1 cm³/mol. The third-order valence-corrected chi connectivity index (χ3v) is 3.99. The Bertz CT molecular complexity index is 394. The van der Waals surface area contributed by atoms with E-state index in [9.17, 15) is 0 Å². The van der Waals surface area contributed by atoms with Crippen LogP contribution < -0.4 is 0 Å². The third kappa shape index (κ3) is 2.18. The molecule has 100 valence electrons. The Kier molecular flexibility index (Phi) is 3.13. The van der Waals surface area contributed by atoms with Gasteiger partial charge in [-0.2, -0.15) is 0 Å². The summed E-state index contributed by atoms with van der Waals surface area (Å²) in [5.41, 5.74) is 2.22. The molecule has 0 unspecified atom stereocenters. The van der Waals surface area contributed by atoms with Crippen molar-refractivity contribution in [2.24, 2.45) is 0 Å². The first-order valence-corrected chi connectivity index (χ1v) is 6.61. The average molecular weight is 252 g/mol. The van der Waals surface area contributed by atoms with Gasteiger partial charge in [0.05, 0.1) is 18.9 Å². The van der Waals surface area contributed by atoms with Crippen LogP contribution in [0.25, 0.3) is 0 Å². The van der Waals surface area contributed by atoms with E-state index >= 15 is 0 Å². The van der Waals surface area contributed by atoms with E-state index in [4.69, 9.17) is 14.0 Å². The maximum absolute atomic E-state index is 5.73. The number of rotatable bonds is 2. The molecule has 0 saturated carbocycles. The maximum Gasteiger partial charge on any atom is 0.170 e. The van der Waals surface area contributed by atoms with Gasteiger partial charge in [-0.15, -0.1) is 0 Å². The lowest BCUT2D eigenvalue weighted by Gasteiger charge is -2.37. The van der Waals surface area contributed by atoms with Crippen molar-refractivity contribution >= 4 is 0 Å². The molecular weight excluding hydrogens is 232 g/mol. The zero-order valence-corrected chi connectivity index (χ0v) is 11.1. The van der Waals surface area contributed by atoms with Crippen LogP contribution >= 0.6 is 0 Å². The van der Waals surface area contributed by atoms with Crippen LogP contribution in [0, 0.1) is 13.8 Å². The van der Waals surface area contributed by atoms with Crippen LogP contribution in [0.4, 0.5) is 0 Å². The Balaban J connectivity index is 1.60. The minimum Gasteiger partial charge on any atom is -0.361 e. The largest absolute Gasteiger partial charge is 0.361 e. The molecule has 1 aromatic rings. The van der Waals surface area contributed by atoms with Crippen LogP contribution in [0.1, 0.15) is 29.9 Å². The van der Waals surface area contributed by atoms with Gasteiger partial charge in [0.15, 0.2) is 5.79 Å². The fourth-order valence-electron chi connectivity index (χ4n) is 2.79. The van der Waals surface area contributed by atoms with E-state index < -0.39 is 0 Å². The van der Waals surface area contributed by atoms with Crippen molar-refractivity contribution in [2.75, 3.05) is 26.3 Å². The van der Waals surface area contributed by atoms with E-state index in [1.54, 1.807) is 0 Å². The van der Waals surface area contributed by atoms with Crippen LogP contribution in [0.15, 0.2) is 4.52 Å². The SMILES string of the molecule is Cc1noc(C)c1CN1CCC2(CC1)OCCO2. The molecule has 0 bridgehead atoms. The fraction of sp³-hybridized carbons (Fsp3) is 0.769. The Hall–Kier alpha value is -0.910. The summed E-state index contributed by atoms with van der Waals surface area (Å²) in [5, 5.41) is 4.00. The molecule has 3 rings (SSSR count). The lowest BCUT2D eigenvalue weighted by Crippen LogP contribution is -2.44. The van der Waals surface area contributed by atoms with E-state index in [0.29, 0.717) is 0 Å². The second-order valence-corrected chi connectivity index (χ2v) is 5.19. The molecule has 0 atom stereocenters. The van der Waals surface area contributed by atoms with Crippen molar-refractivity contribution in [3.63, 3.8) is 0 Å². The zero-order valence-electron chi connectivity index (χ0n) is 11.1. The van der Waals surface area contributed by atoms with Crippen molar-refractivity contribution in [2.45, 2.75) is 39.0 Å². The molecule has 5 heteroatoms. The average Bonchev–Trinajstić information content (AvgIpc) is 2.94. The maximum atomic E-state index is 5.73. The summed E-state index contributed by atoms with van der Waals surface area (Å²) in [6.07, 6.45) is 1.91. The highest BCUT2D eigenvalue weighted by Gasteiger charge is 2.39. The number of hydrogen-bond acceptors (Lipinski definition) is 5. The van der Waals surface area contributed by atoms with Gasteiger partial charge in [-0.25, -0.2) is 0 Å². The van der Waals surface area contributed by atoms with Crippen molar-refractivity contribution in [1.82, 2.24) is 10.1 Å². The Morgan fingerprint density at radius 1 is 1.17 bits per heavy atom. The standard InChI is InChI=1S/C13H20N2O3/c1-10-12(11(2)18-14-10)9-15-5-3-13(4-6-15)16-7-8-17-13/h3-9H2,1-2H3. The van der Waals surface area contributed by atoms with E-state index in [-0.39, 0.29) is 5.79 Å². The molecule has 5 nitrogen and oxygen atoms in total. The topological polar surface area (TPSA) is 47.7 Å². The van der Waals surface area contributed by atoms with E-state index in [0.717, 1.165) is 57.1 Å². The van der Waals surface area contributed by atoms with Gasteiger partial charge in [-0.3, -0.25) is 4.90 Å². The molecule has 1 spiro atoms. The number of likely N-dealkylation sites (tertiary alicyclic amines) is 1. The number of aryl methyl sites for hydroxylation is 2. The van der Waals surface area contributed by atoms with Crippen LogP contribution in [0.5, 0.6) is 0 Å². The lowest BCUT2D eigenvalue weighted by atomic mass is 10.0. The monoisotopic (exact) mass is 252 g/mol. The smallest absolute Gasteiger partial charge is 0.170 e. The van der Waals surface area contributed by atoms with Crippen LogP contribution in [0.2, 0.25) is 0 Å². The molecule has 2 fully saturated rings. The van der Waals surface area contributed by atoms with Gasteiger partial charge in [0.1, 0.15) is 5.76 Å². The minimum absolute atomic E-state index is 0.283. The highest BCUT2D eigenvalue weighted by Crippen LogP contribution is 2.32. The molecule has 0 amide bonds. The van der Waals surface area contributed by atoms with Gasteiger partial charge in [0.25, 0.3) is 0 Å². The zero-order chi connectivity index (χ0) is 12.6. The number of aromatic nitrogens is 1.